The maximum absolute atomic E-state index is 14.1. The van der Waals surface area contributed by atoms with Crippen LogP contribution in [0.4, 0.5) is 4.39 Å². The zero-order chi connectivity index (χ0) is 18.2. The van der Waals surface area contributed by atoms with E-state index in [9.17, 15) is 9.18 Å². The zero-order valence-corrected chi connectivity index (χ0v) is 18.2. The molecule has 0 N–H and O–H groups in total. The van der Waals surface area contributed by atoms with Crippen LogP contribution >= 0.6 is 0 Å². The predicted molar refractivity (Wildman–Crippen MR) is 101 cm³/mol. The number of carbonyl (C=O) groups is 1. The van der Waals surface area contributed by atoms with Crippen LogP contribution < -0.4 is 3.58 Å². The second-order valence-corrected chi connectivity index (χ2v) is 22.5. The topological polar surface area (TPSA) is 33.2 Å². The van der Waals surface area contributed by atoms with Crippen LogP contribution in [-0.2, 0) is 11.3 Å². The van der Waals surface area contributed by atoms with E-state index >= 15 is 0 Å². The number of hydrogen-bond acceptors (Lipinski definition) is 2. The molecule has 1 fully saturated rings. The molecule has 0 aliphatic carbocycles. The first kappa shape index (κ1) is 18.4. The number of benzene rings is 1. The molecule has 1 saturated heterocycles. The number of rotatable bonds is 4. The van der Waals surface area contributed by atoms with E-state index in [2.05, 4.69) is 25.9 Å². The molecule has 3 nitrogen and oxygen atoms in total. The van der Waals surface area contributed by atoms with Crippen molar-refractivity contribution in [1.29, 1.82) is 0 Å². The van der Waals surface area contributed by atoms with Crippen molar-refractivity contribution in [3.05, 3.63) is 59.2 Å². The van der Waals surface area contributed by atoms with Crippen molar-refractivity contribution in [2.24, 2.45) is 0 Å². The second kappa shape index (κ2) is 7.06. The van der Waals surface area contributed by atoms with E-state index in [1.807, 2.05) is 24.1 Å². The maximum atomic E-state index is 14.1. The summed E-state index contributed by atoms with van der Waals surface area (Å²) in [5.74, 6) is 0.0547. The Balaban J connectivity index is 1.81. The third-order valence-corrected chi connectivity index (χ3v) is 10.7. The van der Waals surface area contributed by atoms with Crippen molar-refractivity contribution in [2.75, 3.05) is 6.54 Å². The van der Waals surface area contributed by atoms with E-state index < -0.39 is 18.4 Å². The number of hydrogen-bond donors (Lipinski definition) is 0. The number of carbonyl (C=O) groups excluding carboxylic acids is 1. The van der Waals surface area contributed by atoms with E-state index in [0.717, 1.165) is 16.7 Å². The van der Waals surface area contributed by atoms with Gasteiger partial charge in [-0.2, -0.15) is 0 Å². The number of pyridine rings is 1. The Bertz CT molecular complexity index is 801. The van der Waals surface area contributed by atoms with Crippen molar-refractivity contribution >= 4 is 27.9 Å². The van der Waals surface area contributed by atoms with Crippen molar-refractivity contribution in [3.63, 3.8) is 0 Å². The molecule has 25 heavy (non-hydrogen) atoms. The SMILES string of the molecule is Cc1cnccc1CN1C[C@@H](c2cc(F)c[c]([Sn]([CH3])([CH3])[CH3])c2)CC1=O. The van der Waals surface area contributed by atoms with Gasteiger partial charge < -0.3 is 0 Å². The minimum absolute atomic E-state index is 0.0812. The average Bonchev–Trinajstić information content (AvgIpc) is 2.89. The Hall–Kier alpha value is -1.43. The van der Waals surface area contributed by atoms with Gasteiger partial charge in [-0.1, -0.05) is 0 Å². The van der Waals surface area contributed by atoms with Crippen LogP contribution in [0.1, 0.15) is 29.0 Å². The van der Waals surface area contributed by atoms with Gasteiger partial charge in [0.05, 0.1) is 0 Å². The second-order valence-electron chi connectivity index (χ2n) is 8.00. The molecule has 1 amide bonds. The Morgan fingerprint density at radius 2 is 2.04 bits per heavy atom. The Morgan fingerprint density at radius 1 is 1.28 bits per heavy atom. The van der Waals surface area contributed by atoms with Crippen LogP contribution in [0.3, 0.4) is 0 Å². The quantitative estimate of drug-likeness (QED) is 0.672. The normalized spacial score (nSPS) is 18.0. The van der Waals surface area contributed by atoms with E-state index in [1.54, 1.807) is 18.3 Å². The Labute approximate surface area is 153 Å². The molecule has 0 spiro atoms. The van der Waals surface area contributed by atoms with Gasteiger partial charge in [0.25, 0.3) is 0 Å². The van der Waals surface area contributed by atoms with Gasteiger partial charge in [0, 0.05) is 0 Å². The molecule has 1 aromatic heterocycles. The van der Waals surface area contributed by atoms with Crippen LogP contribution in [0, 0.1) is 12.7 Å². The van der Waals surface area contributed by atoms with Crippen LogP contribution in [0.15, 0.2) is 36.7 Å². The van der Waals surface area contributed by atoms with E-state index in [0.29, 0.717) is 19.5 Å². The fourth-order valence-corrected chi connectivity index (χ4v) is 6.66. The van der Waals surface area contributed by atoms with Gasteiger partial charge in [-0.05, 0) is 0 Å². The Morgan fingerprint density at radius 3 is 2.72 bits per heavy atom. The molecule has 1 aliphatic rings. The molecular formula is C20H25FN2OSn. The van der Waals surface area contributed by atoms with Gasteiger partial charge in [0.1, 0.15) is 0 Å². The van der Waals surface area contributed by atoms with Crippen molar-refractivity contribution < 1.29 is 9.18 Å². The van der Waals surface area contributed by atoms with Gasteiger partial charge in [0.2, 0.25) is 0 Å². The third-order valence-electron chi connectivity index (χ3n) is 4.97. The van der Waals surface area contributed by atoms with Crippen molar-refractivity contribution in [1.82, 2.24) is 9.88 Å². The molecule has 2 heterocycles. The molecule has 1 aliphatic heterocycles. The molecule has 2 aromatic rings. The van der Waals surface area contributed by atoms with Crippen LogP contribution in [0.25, 0.3) is 0 Å². The molecule has 5 heteroatoms. The number of aryl methyl sites for hydroxylation is 1. The number of nitrogens with zero attached hydrogens (tertiary/aromatic N) is 2. The molecule has 1 atom stereocenters. The first-order valence-corrected chi connectivity index (χ1v) is 18.7. The first-order valence-electron chi connectivity index (χ1n) is 8.72. The number of likely N-dealkylation sites (tertiary alicyclic amines) is 1. The molecule has 0 unspecified atom stereocenters. The molecule has 0 radical (unpaired) electrons. The number of aromatic nitrogens is 1. The van der Waals surface area contributed by atoms with Crippen LogP contribution in [-0.4, -0.2) is 40.7 Å². The van der Waals surface area contributed by atoms with Crippen LogP contribution in [0.5, 0.6) is 0 Å². The first-order chi connectivity index (χ1) is 11.7. The van der Waals surface area contributed by atoms with E-state index in [1.165, 1.54) is 3.58 Å². The van der Waals surface area contributed by atoms with Gasteiger partial charge in [0.15, 0.2) is 0 Å². The van der Waals surface area contributed by atoms with Gasteiger partial charge >= 0.3 is 153 Å². The summed E-state index contributed by atoms with van der Waals surface area (Å²) in [5.41, 5.74) is 3.19. The molecular weight excluding hydrogens is 422 g/mol. The summed E-state index contributed by atoms with van der Waals surface area (Å²) < 4.78 is 15.3. The van der Waals surface area contributed by atoms with E-state index in [4.69, 9.17) is 0 Å². The summed E-state index contributed by atoms with van der Waals surface area (Å²) in [6, 6.07) is 7.41. The summed E-state index contributed by atoms with van der Waals surface area (Å²) in [6.45, 7) is 3.27. The van der Waals surface area contributed by atoms with Crippen molar-refractivity contribution in [3.8, 4) is 0 Å². The fraction of sp³-hybridized carbons (Fsp3) is 0.400. The fourth-order valence-electron chi connectivity index (χ4n) is 3.31. The van der Waals surface area contributed by atoms with Crippen molar-refractivity contribution in [2.45, 2.75) is 40.6 Å². The zero-order valence-electron chi connectivity index (χ0n) is 15.3. The monoisotopic (exact) mass is 448 g/mol. The van der Waals surface area contributed by atoms with Gasteiger partial charge in [-0.15, -0.1) is 0 Å². The summed E-state index contributed by atoms with van der Waals surface area (Å²) >= 11 is -2.35. The van der Waals surface area contributed by atoms with Crippen LogP contribution in [0.2, 0.25) is 14.8 Å². The predicted octanol–water partition coefficient (Wildman–Crippen LogP) is 3.59. The Kier molecular flexibility index (Phi) is 5.18. The van der Waals surface area contributed by atoms with E-state index in [-0.39, 0.29) is 17.6 Å². The standard InChI is InChI=1S/C17H16FN2O.3CH3.Sn/c1-12-9-19-6-5-14(12)10-20-11-15(8-17(20)21)13-3-2-4-16(18)7-13;;;;/h3-7,9,15H,8,10-11H2,1H3;3*1H3;/t15-;;;;/m0..../s1. The molecule has 132 valence electrons. The summed E-state index contributed by atoms with van der Waals surface area (Å²) in [7, 11) is 0. The third kappa shape index (κ3) is 4.22. The average molecular weight is 447 g/mol. The number of halogens is 1. The molecule has 1 aromatic carbocycles. The molecule has 3 rings (SSSR count). The van der Waals surface area contributed by atoms with Gasteiger partial charge in [-0.3, -0.25) is 0 Å². The summed E-state index contributed by atoms with van der Waals surface area (Å²) in [4.78, 5) is 25.3. The molecule has 0 saturated carbocycles. The minimum atomic E-state index is -2.35. The summed E-state index contributed by atoms with van der Waals surface area (Å²) in [6.07, 6.45) is 4.05. The van der Waals surface area contributed by atoms with Gasteiger partial charge in [-0.25, -0.2) is 0 Å². The summed E-state index contributed by atoms with van der Waals surface area (Å²) in [5, 5.41) is 0. The molecule has 0 bridgehead atoms. The number of amides is 1.